The lowest BCUT2D eigenvalue weighted by molar-refractivity contribution is 0.397. The molecule has 1 aromatic heterocycles. The van der Waals surface area contributed by atoms with Gasteiger partial charge in [0.15, 0.2) is 5.43 Å². The fraction of sp³-hybridized carbons (Fsp3) is 0.250. The molecule has 0 aliphatic heterocycles. The van der Waals surface area contributed by atoms with Gasteiger partial charge in [0.1, 0.15) is 0 Å². The van der Waals surface area contributed by atoms with E-state index in [9.17, 15) is 4.79 Å². The Kier molecular flexibility index (Phi) is 2.56. The Morgan fingerprint density at radius 1 is 1.27 bits per heavy atom. The molecule has 1 heterocycles. The first-order chi connectivity index (χ1) is 7.16. The number of nitrogens with zero attached hydrogens (tertiary/aromatic N) is 1. The SMILES string of the molecule is CN(C)Cc1cc(=O)c2ccccc2[nH]1. The Labute approximate surface area is 88.3 Å². The summed E-state index contributed by atoms with van der Waals surface area (Å²) in [5, 5.41) is 0.750. The molecule has 0 saturated heterocycles. The van der Waals surface area contributed by atoms with Gasteiger partial charge in [-0.3, -0.25) is 4.79 Å². The van der Waals surface area contributed by atoms with E-state index < -0.39 is 0 Å². The lowest BCUT2D eigenvalue weighted by Crippen LogP contribution is -2.14. The summed E-state index contributed by atoms with van der Waals surface area (Å²) >= 11 is 0. The minimum absolute atomic E-state index is 0.0844. The summed E-state index contributed by atoms with van der Waals surface area (Å²) in [5.41, 5.74) is 1.94. The number of hydrogen-bond donors (Lipinski definition) is 1. The van der Waals surface area contributed by atoms with E-state index in [1.807, 2.05) is 43.3 Å². The van der Waals surface area contributed by atoms with Gasteiger partial charge in [-0.1, -0.05) is 12.1 Å². The summed E-state index contributed by atoms with van der Waals surface area (Å²) in [5.74, 6) is 0. The van der Waals surface area contributed by atoms with Crippen LogP contribution in [-0.2, 0) is 6.54 Å². The fourth-order valence-electron chi connectivity index (χ4n) is 1.68. The Hall–Kier alpha value is -1.61. The quantitative estimate of drug-likeness (QED) is 0.802. The van der Waals surface area contributed by atoms with Crippen LogP contribution in [0.4, 0.5) is 0 Å². The third kappa shape index (κ3) is 2.07. The third-order valence-electron chi connectivity index (χ3n) is 2.28. The van der Waals surface area contributed by atoms with Crippen molar-refractivity contribution in [1.82, 2.24) is 9.88 Å². The van der Waals surface area contributed by atoms with Crippen LogP contribution in [0.2, 0.25) is 0 Å². The number of hydrogen-bond acceptors (Lipinski definition) is 2. The van der Waals surface area contributed by atoms with E-state index in [2.05, 4.69) is 4.98 Å². The number of para-hydroxylation sites is 1. The van der Waals surface area contributed by atoms with Crippen LogP contribution in [0.5, 0.6) is 0 Å². The van der Waals surface area contributed by atoms with Crippen molar-refractivity contribution in [2.24, 2.45) is 0 Å². The molecule has 3 nitrogen and oxygen atoms in total. The predicted molar refractivity (Wildman–Crippen MR) is 62.0 cm³/mol. The monoisotopic (exact) mass is 202 g/mol. The van der Waals surface area contributed by atoms with Crippen LogP contribution < -0.4 is 5.43 Å². The number of aromatic nitrogens is 1. The van der Waals surface area contributed by atoms with Crippen molar-refractivity contribution in [2.45, 2.75) is 6.54 Å². The van der Waals surface area contributed by atoms with Crippen molar-refractivity contribution in [3.05, 3.63) is 46.2 Å². The molecule has 0 bridgehead atoms. The summed E-state index contributed by atoms with van der Waals surface area (Å²) < 4.78 is 0. The van der Waals surface area contributed by atoms with Crippen LogP contribution in [0.1, 0.15) is 5.69 Å². The molecule has 3 heteroatoms. The van der Waals surface area contributed by atoms with Crippen molar-refractivity contribution in [3.8, 4) is 0 Å². The molecule has 1 N–H and O–H groups in total. The highest BCUT2D eigenvalue weighted by Gasteiger charge is 2.01. The molecule has 0 fully saturated rings. The van der Waals surface area contributed by atoms with Gasteiger partial charge < -0.3 is 9.88 Å². The molecule has 78 valence electrons. The number of aromatic amines is 1. The molecule has 0 aliphatic rings. The maximum atomic E-state index is 11.7. The average Bonchev–Trinajstić information content (AvgIpc) is 2.16. The Bertz CT molecular complexity index is 528. The van der Waals surface area contributed by atoms with Gasteiger partial charge >= 0.3 is 0 Å². The third-order valence-corrected chi connectivity index (χ3v) is 2.28. The summed E-state index contributed by atoms with van der Waals surface area (Å²) in [4.78, 5) is 17.0. The normalized spacial score (nSPS) is 11.1. The number of H-pyrrole nitrogens is 1. The van der Waals surface area contributed by atoms with Gasteiger partial charge in [0.2, 0.25) is 0 Å². The molecule has 0 atom stereocenters. The molecule has 0 saturated carbocycles. The molecule has 15 heavy (non-hydrogen) atoms. The molecule has 2 aromatic rings. The van der Waals surface area contributed by atoms with E-state index >= 15 is 0 Å². The van der Waals surface area contributed by atoms with E-state index in [0.29, 0.717) is 0 Å². The maximum Gasteiger partial charge on any atom is 0.189 e. The number of fused-ring (bicyclic) bond motifs is 1. The van der Waals surface area contributed by atoms with E-state index in [0.717, 1.165) is 23.1 Å². The van der Waals surface area contributed by atoms with Gasteiger partial charge in [0.25, 0.3) is 0 Å². The predicted octanol–water partition coefficient (Wildman–Crippen LogP) is 1.59. The number of pyridine rings is 1. The highest BCUT2D eigenvalue weighted by atomic mass is 16.1. The minimum Gasteiger partial charge on any atom is -0.357 e. The van der Waals surface area contributed by atoms with Crippen LogP contribution in [0, 0.1) is 0 Å². The molecule has 0 spiro atoms. The number of rotatable bonds is 2. The summed E-state index contributed by atoms with van der Waals surface area (Å²) in [6.45, 7) is 0.750. The van der Waals surface area contributed by atoms with Crippen LogP contribution >= 0.6 is 0 Å². The van der Waals surface area contributed by atoms with E-state index in [1.54, 1.807) is 6.07 Å². The van der Waals surface area contributed by atoms with Crippen molar-refractivity contribution in [2.75, 3.05) is 14.1 Å². The molecule has 0 radical (unpaired) electrons. The first-order valence-corrected chi connectivity index (χ1v) is 4.92. The van der Waals surface area contributed by atoms with Crippen molar-refractivity contribution in [3.63, 3.8) is 0 Å². The second kappa shape index (κ2) is 3.87. The van der Waals surface area contributed by atoms with Crippen molar-refractivity contribution < 1.29 is 0 Å². The zero-order chi connectivity index (χ0) is 10.8. The van der Waals surface area contributed by atoms with Crippen LogP contribution in [0.25, 0.3) is 10.9 Å². The smallest absolute Gasteiger partial charge is 0.189 e. The largest absolute Gasteiger partial charge is 0.357 e. The zero-order valence-corrected chi connectivity index (χ0v) is 8.95. The van der Waals surface area contributed by atoms with E-state index in [-0.39, 0.29) is 5.43 Å². The molecular weight excluding hydrogens is 188 g/mol. The first-order valence-electron chi connectivity index (χ1n) is 4.92. The van der Waals surface area contributed by atoms with Crippen molar-refractivity contribution >= 4 is 10.9 Å². The highest BCUT2D eigenvalue weighted by molar-refractivity contribution is 5.78. The Balaban J connectivity index is 2.57. The van der Waals surface area contributed by atoms with Crippen molar-refractivity contribution in [1.29, 1.82) is 0 Å². The Morgan fingerprint density at radius 2 is 2.00 bits per heavy atom. The molecule has 2 rings (SSSR count). The Morgan fingerprint density at radius 3 is 2.73 bits per heavy atom. The molecule has 0 aliphatic carbocycles. The van der Waals surface area contributed by atoms with Crippen LogP contribution in [-0.4, -0.2) is 24.0 Å². The minimum atomic E-state index is 0.0844. The maximum absolute atomic E-state index is 11.7. The van der Waals surface area contributed by atoms with Gasteiger partial charge in [-0.15, -0.1) is 0 Å². The summed E-state index contributed by atoms with van der Waals surface area (Å²) in [6.07, 6.45) is 0. The van der Waals surface area contributed by atoms with Gasteiger partial charge in [-0.05, 0) is 26.2 Å². The van der Waals surface area contributed by atoms with Gasteiger partial charge in [0.05, 0.1) is 0 Å². The zero-order valence-electron chi connectivity index (χ0n) is 8.95. The highest BCUT2D eigenvalue weighted by Crippen LogP contribution is 2.07. The lowest BCUT2D eigenvalue weighted by atomic mass is 10.2. The second-order valence-electron chi connectivity index (χ2n) is 3.94. The topological polar surface area (TPSA) is 36.1 Å². The second-order valence-corrected chi connectivity index (χ2v) is 3.94. The van der Waals surface area contributed by atoms with E-state index in [4.69, 9.17) is 0 Å². The van der Waals surface area contributed by atoms with Crippen LogP contribution in [0.3, 0.4) is 0 Å². The molecular formula is C12H14N2O. The molecule has 0 amide bonds. The van der Waals surface area contributed by atoms with Gasteiger partial charge in [-0.25, -0.2) is 0 Å². The average molecular weight is 202 g/mol. The van der Waals surface area contributed by atoms with E-state index in [1.165, 1.54) is 0 Å². The van der Waals surface area contributed by atoms with Gasteiger partial charge in [0, 0.05) is 29.2 Å². The number of nitrogens with one attached hydrogen (secondary N) is 1. The molecule has 1 aromatic carbocycles. The fourth-order valence-corrected chi connectivity index (χ4v) is 1.68. The summed E-state index contributed by atoms with van der Waals surface area (Å²) in [6, 6.07) is 9.24. The first kappa shape index (κ1) is 9.93. The summed E-state index contributed by atoms with van der Waals surface area (Å²) in [7, 11) is 3.96. The molecule has 0 unspecified atom stereocenters. The number of benzene rings is 1. The van der Waals surface area contributed by atoms with Gasteiger partial charge in [-0.2, -0.15) is 0 Å². The van der Waals surface area contributed by atoms with Crippen LogP contribution in [0.15, 0.2) is 35.1 Å². The standard InChI is InChI=1S/C12H14N2O/c1-14(2)8-9-7-12(15)10-5-3-4-6-11(10)13-9/h3-7H,8H2,1-2H3,(H,13,15). The lowest BCUT2D eigenvalue weighted by Gasteiger charge is -2.10.